The molecule has 2 aromatic carbocycles. The van der Waals surface area contributed by atoms with Gasteiger partial charge in [0.25, 0.3) is 0 Å². The summed E-state index contributed by atoms with van der Waals surface area (Å²) in [6.45, 7) is 5.20. The second kappa shape index (κ2) is 7.77. The van der Waals surface area contributed by atoms with Crippen molar-refractivity contribution in [2.45, 2.75) is 26.3 Å². The zero-order chi connectivity index (χ0) is 15.4. The van der Waals surface area contributed by atoms with Crippen LogP contribution < -0.4 is 5.32 Å². The summed E-state index contributed by atoms with van der Waals surface area (Å²) in [5.41, 5.74) is 3.74. The third kappa shape index (κ3) is 4.32. The zero-order valence-electron chi connectivity index (χ0n) is 12.1. The smallest absolute Gasteiger partial charge is 0.0449 e. The molecule has 112 valence electrons. The van der Waals surface area contributed by atoms with E-state index in [0.29, 0.717) is 0 Å². The zero-order valence-corrected chi connectivity index (χ0v) is 16.0. The molecule has 0 aliphatic carbocycles. The molecular weight excluding hydrogens is 413 g/mol. The van der Waals surface area contributed by atoms with Crippen LogP contribution >= 0.6 is 43.5 Å². The average Bonchev–Trinajstić information content (AvgIpc) is 2.44. The number of rotatable bonds is 5. The van der Waals surface area contributed by atoms with Crippen molar-refractivity contribution in [3.05, 3.63) is 67.1 Å². The van der Waals surface area contributed by atoms with Gasteiger partial charge in [0, 0.05) is 20.0 Å². The molecule has 0 saturated heterocycles. The van der Waals surface area contributed by atoms with E-state index in [-0.39, 0.29) is 6.04 Å². The molecule has 0 bridgehead atoms. The Morgan fingerprint density at radius 3 is 2.62 bits per heavy atom. The Morgan fingerprint density at radius 2 is 1.95 bits per heavy atom. The normalized spacial score (nSPS) is 12.4. The Morgan fingerprint density at radius 1 is 1.19 bits per heavy atom. The summed E-state index contributed by atoms with van der Waals surface area (Å²) in [6, 6.07) is 12.7. The number of nitrogens with one attached hydrogen (secondary N) is 1. The number of benzene rings is 2. The molecule has 0 amide bonds. The molecule has 4 heteroatoms. The Hall–Kier alpha value is -0.350. The summed E-state index contributed by atoms with van der Waals surface area (Å²) in [5, 5.41) is 4.37. The summed E-state index contributed by atoms with van der Waals surface area (Å²) in [6.07, 6.45) is 0.872. The number of hydrogen-bond donors (Lipinski definition) is 1. The van der Waals surface area contributed by atoms with E-state index in [0.717, 1.165) is 32.5 Å². The van der Waals surface area contributed by atoms with Crippen LogP contribution in [-0.2, 0) is 6.42 Å². The summed E-state index contributed by atoms with van der Waals surface area (Å²) >= 11 is 13.4. The first-order valence-electron chi connectivity index (χ1n) is 6.95. The largest absolute Gasteiger partial charge is 0.310 e. The van der Waals surface area contributed by atoms with Gasteiger partial charge < -0.3 is 5.32 Å². The van der Waals surface area contributed by atoms with E-state index in [1.807, 2.05) is 12.1 Å². The van der Waals surface area contributed by atoms with Crippen LogP contribution in [0, 0.1) is 6.92 Å². The second-order valence-corrected chi connectivity index (χ2v) is 7.18. The van der Waals surface area contributed by atoms with Gasteiger partial charge in [0.05, 0.1) is 0 Å². The maximum atomic E-state index is 6.37. The van der Waals surface area contributed by atoms with Gasteiger partial charge in [-0.2, -0.15) is 0 Å². The molecule has 21 heavy (non-hydrogen) atoms. The standard InChI is InChI=1S/C17H18Br2ClN/c1-3-21-17(14-5-4-6-15(19)11(14)2)9-12-7-8-13(18)10-16(12)20/h4-8,10,17,21H,3,9H2,1-2H3. The molecule has 0 fully saturated rings. The number of halogens is 3. The van der Waals surface area contributed by atoms with E-state index < -0.39 is 0 Å². The molecule has 0 aliphatic heterocycles. The topological polar surface area (TPSA) is 12.0 Å². The third-order valence-electron chi connectivity index (χ3n) is 3.57. The van der Waals surface area contributed by atoms with Gasteiger partial charge in [0.15, 0.2) is 0 Å². The van der Waals surface area contributed by atoms with Crippen LogP contribution in [0.25, 0.3) is 0 Å². The van der Waals surface area contributed by atoms with E-state index in [1.54, 1.807) is 0 Å². The molecule has 1 N–H and O–H groups in total. The first kappa shape index (κ1) is 17.0. The van der Waals surface area contributed by atoms with Crippen molar-refractivity contribution < 1.29 is 0 Å². The Labute approximate surface area is 148 Å². The fraction of sp³-hybridized carbons (Fsp3) is 0.294. The summed E-state index contributed by atoms with van der Waals surface area (Å²) in [7, 11) is 0. The molecule has 2 rings (SSSR count). The highest BCUT2D eigenvalue weighted by Gasteiger charge is 2.16. The van der Waals surface area contributed by atoms with Crippen LogP contribution in [0.4, 0.5) is 0 Å². The molecular formula is C17H18Br2ClN. The van der Waals surface area contributed by atoms with Gasteiger partial charge in [0.2, 0.25) is 0 Å². The fourth-order valence-electron chi connectivity index (χ4n) is 2.45. The maximum absolute atomic E-state index is 6.37. The van der Waals surface area contributed by atoms with Crippen molar-refractivity contribution in [3.8, 4) is 0 Å². The molecule has 2 aromatic rings. The predicted octanol–water partition coefficient (Wildman–Crippen LogP) is 6.07. The average molecular weight is 432 g/mol. The van der Waals surface area contributed by atoms with Crippen molar-refractivity contribution in [1.82, 2.24) is 5.32 Å². The minimum absolute atomic E-state index is 0.256. The Kier molecular flexibility index (Phi) is 6.30. The van der Waals surface area contributed by atoms with Crippen molar-refractivity contribution >= 4 is 43.5 Å². The predicted molar refractivity (Wildman–Crippen MR) is 98.2 cm³/mol. The van der Waals surface area contributed by atoms with Crippen LogP contribution in [0.15, 0.2) is 45.3 Å². The molecule has 0 aliphatic rings. The molecule has 0 saturated carbocycles. The summed E-state index contributed by atoms with van der Waals surface area (Å²) in [5.74, 6) is 0. The van der Waals surface area contributed by atoms with Crippen molar-refractivity contribution in [2.24, 2.45) is 0 Å². The Balaban J connectivity index is 2.33. The van der Waals surface area contributed by atoms with E-state index in [2.05, 4.69) is 75.3 Å². The van der Waals surface area contributed by atoms with Gasteiger partial charge in [-0.05, 0) is 54.8 Å². The van der Waals surface area contributed by atoms with Gasteiger partial charge in [-0.3, -0.25) is 0 Å². The molecule has 0 radical (unpaired) electrons. The molecule has 0 spiro atoms. The Bertz CT molecular complexity index is 628. The lowest BCUT2D eigenvalue weighted by Crippen LogP contribution is -2.24. The molecule has 1 atom stereocenters. The van der Waals surface area contributed by atoms with E-state index in [4.69, 9.17) is 11.6 Å². The summed E-state index contributed by atoms with van der Waals surface area (Å²) < 4.78 is 2.15. The SMILES string of the molecule is CCNC(Cc1ccc(Br)cc1Cl)c1cccc(Br)c1C. The van der Waals surface area contributed by atoms with E-state index in [9.17, 15) is 0 Å². The van der Waals surface area contributed by atoms with E-state index >= 15 is 0 Å². The molecule has 0 heterocycles. The lowest BCUT2D eigenvalue weighted by Gasteiger charge is -2.22. The van der Waals surface area contributed by atoms with Crippen LogP contribution in [-0.4, -0.2) is 6.54 Å². The van der Waals surface area contributed by atoms with Crippen molar-refractivity contribution in [3.63, 3.8) is 0 Å². The monoisotopic (exact) mass is 429 g/mol. The molecule has 0 aromatic heterocycles. The highest BCUT2D eigenvalue weighted by molar-refractivity contribution is 9.10. The first-order valence-corrected chi connectivity index (χ1v) is 8.91. The number of likely N-dealkylation sites (N-methyl/N-ethyl adjacent to an activating group) is 1. The van der Waals surface area contributed by atoms with Gasteiger partial charge in [0.1, 0.15) is 0 Å². The van der Waals surface area contributed by atoms with Crippen LogP contribution in [0.3, 0.4) is 0 Å². The lowest BCUT2D eigenvalue weighted by molar-refractivity contribution is 0.547. The van der Waals surface area contributed by atoms with Crippen LogP contribution in [0.5, 0.6) is 0 Å². The first-order chi connectivity index (χ1) is 10.0. The third-order valence-corrected chi connectivity index (χ3v) is 5.28. The number of hydrogen-bond acceptors (Lipinski definition) is 1. The quantitative estimate of drug-likeness (QED) is 0.606. The van der Waals surface area contributed by atoms with Crippen molar-refractivity contribution in [2.75, 3.05) is 6.54 Å². The van der Waals surface area contributed by atoms with Gasteiger partial charge in [-0.25, -0.2) is 0 Å². The fourth-order valence-corrected chi connectivity index (χ4v) is 3.58. The van der Waals surface area contributed by atoms with Gasteiger partial charge in [-0.1, -0.05) is 68.6 Å². The van der Waals surface area contributed by atoms with Crippen molar-refractivity contribution in [1.29, 1.82) is 0 Å². The lowest BCUT2D eigenvalue weighted by atomic mass is 9.95. The van der Waals surface area contributed by atoms with Gasteiger partial charge in [-0.15, -0.1) is 0 Å². The molecule has 1 nitrogen and oxygen atoms in total. The minimum Gasteiger partial charge on any atom is -0.310 e. The highest BCUT2D eigenvalue weighted by atomic mass is 79.9. The minimum atomic E-state index is 0.256. The van der Waals surface area contributed by atoms with Gasteiger partial charge >= 0.3 is 0 Å². The van der Waals surface area contributed by atoms with Crippen LogP contribution in [0.1, 0.15) is 29.7 Å². The second-order valence-electron chi connectivity index (χ2n) is 5.00. The molecule has 1 unspecified atom stereocenters. The summed E-state index contributed by atoms with van der Waals surface area (Å²) in [4.78, 5) is 0. The highest BCUT2D eigenvalue weighted by Crippen LogP contribution is 2.30. The van der Waals surface area contributed by atoms with E-state index in [1.165, 1.54) is 11.1 Å². The maximum Gasteiger partial charge on any atom is 0.0449 e. The van der Waals surface area contributed by atoms with Crippen LogP contribution in [0.2, 0.25) is 5.02 Å².